The van der Waals surface area contributed by atoms with Crippen LogP contribution in [0.5, 0.6) is 0 Å². The number of benzene rings is 1. The maximum Gasteiger partial charge on any atom is 0.407 e. The lowest BCUT2D eigenvalue weighted by molar-refractivity contribution is 0.0509. The lowest BCUT2D eigenvalue weighted by atomic mass is 10.2. The summed E-state index contributed by atoms with van der Waals surface area (Å²) in [7, 11) is 0. The molecule has 1 aromatic carbocycles. The first kappa shape index (κ1) is 18.2. The molecular formula is C20H24N6O2. The van der Waals surface area contributed by atoms with Crippen LogP contribution in [0, 0.1) is 0 Å². The molecule has 3 aromatic rings. The van der Waals surface area contributed by atoms with Crippen molar-refractivity contribution in [1.82, 2.24) is 25.1 Å². The lowest BCUT2D eigenvalue weighted by Gasteiger charge is -2.22. The van der Waals surface area contributed by atoms with E-state index in [0.29, 0.717) is 18.0 Å². The number of carbonyl (C=O) groups is 1. The highest BCUT2D eigenvalue weighted by Gasteiger charge is 2.27. The van der Waals surface area contributed by atoms with E-state index in [0.717, 1.165) is 24.3 Å². The first-order chi connectivity index (χ1) is 13.4. The Balaban J connectivity index is 1.50. The van der Waals surface area contributed by atoms with Gasteiger partial charge in [0.15, 0.2) is 11.5 Å². The number of aromatic nitrogens is 4. The number of ether oxygens (including phenoxy) is 1. The Kier molecular flexibility index (Phi) is 4.62. The number of rotatable bonds is 3. The van der Waals surface area contributed by atoms with Crippen molar-refractivity contribution in [3.63, 3.8) is 0 Å². The van der Waals surface area contributed by atoms with Crippen molar-refractivity contribution in [2.45, 2.75) is 38.8 Å². The maximum atomic E-state index is 12.0. The van der Waals surface area contributed by atoms with E-state index in [1.54, 1.807) is 4.52 Å². The highest BCUT2D eigenvalue weighted by Crippen LogP contribution is 2.22. The molecule has 1 aliphatic heterocycles. The fourth-order valence-electron chi connectivity index (χ4n) is 3.28. The number of alkyl carbamates (subject to hydrolysis) is 1. The number of hydrogen-bond donors (Lipinski definition) is 1. The van der Waals surface area contributed by atoms with E-state index in [9.17, 15) is 4.79 Å². The minimum Gasteiger partial charge on any atom is -0.444 e. The smallest absolute Gasteiger partial charge is 0.407 e. The van der Waals surface area contributed by atoms with E-state index < -0.39 is 5.60 Å². The molecule has 3 heterocycles. The summed E-state index contributed by atoms with van der Waals surface area (Å²) in [4.78, 5) is 14.2. The predicted octanol–water partition coefficient (Wildman–Crippen LogP) is 2.89. The summed E-state index contributed by atoms with van der Waals surface area (Å²) in [6.07, 6.45) is 0.458. The van der Waals surface area contributed by atoms with Gasteiger partial charge in [-0.05, 0) is 39.3 Å². The molecule has 8 nitrogen and oxygen atoms in total. The van der Waals surface area contributed by atoms with Crippen LogP contribution < -0.4 is 10.2 Å². The average Bonchev–Trinajstić information content (AvgIpc) is 3.27. The molecule has 1 amide bonds. The summed E-state index contributed by atoms with van der Waals surface area (Å²) < 4.78 is 7.11. The molecule has 1 atom stereocenters. The van der Waals surface area contributed by atoms with Crippen LogP contribution in [0.2, 0.25) is 0 Å². The molecule has 0 radical (unpaired) electrons. The van der Waals surface area contributed by atoms with E-state index >= 15 is 0 Å². The van der Waals surface area contributed by atoms with E-state index in [-0.39, 0.29) is 12.1 Å². The minimum absolute atomic E-state index is 0.0295. The molecule has 146 valence electrons. The monoisotopic (exact) mass is 380 g/mol. The Morgan fingerprint density at radius 2 is 1.93 bits per heavy atom. The molecule has 0 spiro atoms. The van der Waals surface area contributed by atoms with E-state index in [1.165, 1.54) is 0 Å². The van der Waals surface area contributed by atoms with Crippen molar-refractivity contribution >= 4 is 17.6 Å². The van der Waals surface area contributed by atoms with Crippen molar-refractivity contribution in [3.05, 3.63) is 42.5 Å². The Morgan fingerprint density at radius 1 is 1.14 bits per heavy atom. The third kappa shape index (κ3) is 3.90. The van der Waals surface area contributed by atoms with Crippen LogP contribution in [-0.2, 0) is 4.74 Å². The van der Waals surface area contributed by atoms with Gasteiger partial charge in [-0.15, -0.1) is 15.3 Å². The Bertz CT molecular complexity index is 979. The van der Waals surface area contributed by atoms with Gasteiger partial charge in [0.1, 0.15) is 11.4 Å². The number of anilines is 1. The van der Waals surface area contributed by atoms with Crippen LogP contribution in [0.1, 0.15) is 27.2 Å². The van der Waals surface area contributed by atoms with Gasteiger partial charge in [0.2, 0.25) is 0 Å². The fraction of sp³-hybridized carbons (Fsp3) is 0.400. The Labute approximate surface area is 163 Å². The van der Waals surface area contributed by atoms with Gasteiger partial charge in [-0.3, -0.25) is 0 Å². The van der Waals surface area contributed by atoms with Crippen LogP contribution in [0.4, 0.5) is 10.6 Å². The van der Waals surface area contributed by atoms with Crippen molar-refractivity contribution in [2.75, 3.05) is 18.0 Å². The molecule has 1 saturated heterocycles. The van der Waals surface area contributed by atoms with Gasteiger partial charge in [0.05, 0.1) is 6.04 Å². The van der Waals surface area contributed by atoms with E-state index in [1.807, 2.05) is 63.2 Å². The Hall–Kier alpha value is -3.16. The normalized spacial score (nSPS) is 17.1. The van der Waals surface area contributed by atoms with Crippen molar-refractivity contribution < 1.29 is 9.53 Å². The second-order valence-corrected chi connectivity index (χ2v) is 7.93. The molecule has 0 saturated carbocycles. The fourth-order valence-corrected chi connectivity index (χ4v) is 3.28. The largest absolute Gasteiger partial charge is 0.444 e. The van der Waals surface area contributed by atoms with Gasteiger partial charge >= 0.3 is 6.09 Å². The van der Waals surface area contributed by atoms with Gasteiger partial charge < -0.3 is 15.0 Å². The third-order valence-electron chi connectivity index (χ3n) is 4.51. The quantitative estimate of drug-likeness (QED) is 0.752. The zero-order valence-corrected chi connectivity index (χ0v) is 16.3. The van der Waals surface area contributed by atoms with Crippen LogP contribution in [0.3, 0.4) is 0 Å². The first-order valence-corrected chi connectivity index (χ1v) is 9.41. The van der Waals surface area contributed by atoms with Crippen LogP contribution in [-0.4, -0.2) is 50.6 Å². The summed E-state index contributed by atoms with van der Waals surface area (Å²) in [5, 5.41) is 16.2. The maximum absolute atomic E-state index is 12.0. The highest BCUT2D eigenvalue weighted by atomic mass is 16.6. The zero-order chi connectivity index (χ0) is 19.7. The number of fused-ring (bicyclic) bond motifs is 1. The summed E-state index contributed by atoms with van der Waals surface area (Å²) >= 11 is 0. The summed E-state index contributed by atoms with van der Waals surface area (Å²) in [6.45, 7) is 7.06. The van der Waals surface area contributed by atoms with Gasteiger partial charge in [-0.1, -0.05) is 30.3 Å². The van der Waals surface area contributed by atoms with Gasteiger partial charge in [-0.2, -0.15) is 4.52 Å². The zero-order valence-electron chi connectivity index (χ0n) is 16.3. The van der Waals surface area contributed by atoms with Crippen LogP contribution in [0.15, 0.2) is 42.5 Å². The van der Waals surface area contributed by atoms with E-state index in [4.69, 9.17) is 9.84 Å². The molecular weight excluding hydrogens is 356 g/mol. The van der Waals surface area contributed by atoms with Crippen LogP contribution >= 0.6 is 0 Å². The number of nitrogens with zero attached hydrogens (tertiary/aromatic N) is 5. The number of amides is 1. The molecule has 1 fully saturated rings. The molecule has 0 bridgehead atoms. The second-order valence-electron chi connectivity index (χ2n) is 7.93. The van der Waals surface area contributed by atoms with E-state index in [2.05, 4.69) is 20.4 Å². The number of carbonyl (C=O) groups excluding carboxylic acids is 1. The highest BCUT2D eigenvalue weighted by molar-refractivity contribution is 5.68. The molecule has 1 N–H and O–H groups in total. The van der Waals surface area contributed by atoms with Crippen molar-refractivity contribution in [1.29, 1.82) is 0 Å². The average molecular weight is 380 g/mol. The number of hydrogen-bond acceptors (Lipinski definition) is 6. The van der Waals surface area contributed by atoms with Gasteiger partial charge in [0, 0.05) is 18.7 Å². The standard InChI is InChI=1S/C20H24N6O2/c1-20(2,3)28-19(27)21-15-11-12-25(13-15)17-10-9-16-22-23-18(26(16)24-17)14-7-5-4-6-8-14/h4-10,15H,11-13H2,1-3H3,(H,21,27). The molecule has 0 aliphatic carbocycles. The molecule has 28 heavy (non-hydrogen) atoms. The van der Waals surface area contributed by atoms with Crippen LogP contribution in [0.25, 0.3) is 17.0 Å². The first-order valence-electron chi connectivity index (χ1n) is 9.41. The van der Waals surface area contributed by atoms with Gasteiger partial charge in [0.25, 0.3) is 0 Å². The third-order valence-corrected chi connectivity index (χ3v) is 4.51. The number of nitrogens with one attached hydrogen (secondary N) is 1. The molecule has 1 unspecified atom stereocenters. The van der Waals surface area contributed by atoms with Gasteiger partial charge in [-0.25, -0.2) is 4.79 Å². The minimum atomic E-state index is -0.503. The van der Waals surface area contributed by atoms with Crippen molar-refractivity contribution in [3.8, 4) is 11.4 Å². The SMILES string of the molecule is CC(C)(C)OC(=O)NC1CCN(c2ccc3nnc(-c4ccccc4)n3n2)C1. The predicted molar refractivity (Wildman–Crippen MR) is 106 cm³/mol. The topological polar surface area (TPSA) is 84.6 Å². The molecule has 2 aromatic heterocycles. The lowest BCUT2D eigenvalue weighted by Crippen LogP contribution is -2.40. The summed E-state index contributed by atoms with van der Waals surface area (Å²) in [5.74, 6) is 1.54. The molecule has 8 heteroatoms. The molecule has 1 aliphatic rings. The molecule has 4 rings (SSSR count). The van der Waals surface area contributed by atoms with Crippen molar-refractivity contribution in [2.24, 2.45) is 0 Å². The summed E-state index contributed by atoms with van der Waals surface area (Å²) in [5.41, 5.74) is 1.16. The second kappa shape index (κ2) is 7.10. The summed E-state index contributed by atoms with van der Waals surface area (Å²) in [6, 6.07) is 13.8. The Morgan fingerprint density at radius 3 is 2.68 bits per heavy atom.